The molecule has 2 nitrogen and oxygen atoms in total. The van der Waals surface area contributed by atoms with E-state index < -0.39 is 0 Å². The molecule has 0 atom stereocenters. The SMILES string of the molecule is Cc1cccc(C(=O)c2ccc(N)c(Cl)c2)c1Br. The topological polar surface area (TPSA) is 43.1 Å². The Bertz CT molecular complexity index is 625. The second-order valence-electron chi connectivity index (χ2n) is 4.00. The van der Waals surface area contributed by atoms with Crippen molar-refractivity contribution in [2.24, 2.45) is 0 Å². The number of carbonyl (C=O) groups excluding carboxylic acids is 1. The zero-order valence-corrected chi connectivity index (χ0v) is 12.0. The fraction of sp³-hybridized carbons (Fsp3) is 0.0714. The highest BCUT2D eigenvalue weighted by Gasteiger charge is 2.14. The van der Waals surface area contributed by atoms with Crippen molar-refractivity contribution in [3.63, 3.8) is 0 Å². The summed E-state index contributed by atoms with van der Waals surface area (Å²) in [7, 11) is 0. The minimum atomic E-state index is -0.0764. The molecule has 2 aromatic rings. The highest BCUT2D eigenvalue weighted by atomic mass is 79.9. The van der Waals surface area contributed by atoms with Gasteiger partial charge in [-0.1, -0.05) is 23.7 Å². The van der Waals surface area contributed by atoms with Crippen molar-refractivity contribution in [1.82, 2.24) is 0 Å². The van der Waals surface area contributed by atoms with Gasteiger partial charge in [0.25, 0.3) is 0 Å². The average molecular weight is 325 g/mol. The minimum Gasteiger partial charge on any atom is -0.398 e. The molecule has 0 amide bonds. The van der Waals surface area contributed by atoms with Crippen LogP contribution in [0.15, 0.2) is 40.9 Å². The van der Waals surface area contributed by atoms with Crippen molar-refractivity contribution in [3.05, 3.63) is 62.6 Å². The molecule has 2 N–H and O–H groups in total. The van der Waals surface area contributed by atoms with Crippen LogP contribution in [0.3, 0.4) is 0 Å². The number of hydrogen-bond acceptors (Lipinski definition) is 2. The summed E-state index contributed by atoms with van der Waals surface area (Å²) in [4.78, 5) is 12.4. The lowest BCUT2D eigenvalue weighted by Crippen LogP contribution is -2.03. The van der Waals surface area contributed by atoms with Crippen molar-refractivity contribution < 1.29 is 4.79 Å². The van der Waals surface area contributed by atoms with Crippen LogP contribution in [0.1, 0.15) is 21.5 Å². The predicted octanol–water partition coefficient (Wildman–Crippen LogP) is 4.22. The number of rotatable bonds is 2. The second kappa shape index (κ2) is 5.12. The molecule has 2 aromatic carbocycles. The van der Waals surface area contributed by atoms with E-state index in [-0.39, 0.29) is 5.78 Å². The molecule has 0 aliphatic carbocycles. The van der Waals surface area contributed by atoms with E-state index in [1.165, 1.54) is 0 Å². The molecule has 0 aromatic heterocycles. The van der Waals surface area contributed by atoms with Crippen LogP contribution in [0.4, 0.5) is 5.69 Å². The molecule has 0 aliphatic rings. The van der Waals surface area contributed by atoms with E-state index >= 15 is 0 Å². The van der Waals surface area contributed by atoms with E-state index in [9.17, 15) is 4.79 Å². The first-order valence-electron chi connectivity index (χ1n) is 5.35. The minimum absolute atomic E-state index is 0.0764. The third kappa shape index (κ3) is 2.42. The number of benzene rings is 2. The molecule has 0 unspecified atom stereocenters. The quantitative estimate of drug-likeness (QED) is 0.664. The highest BCUT2D eigenvalue weighted by Crippen LogP contribution is 2.26. The van der Waals surface area contributed by atoms with Crippen LogP contribution in [0.25, 0.3) is 0 Å². The molecular formula is C14H11BrClNO. The molecule has 18 heavy (non-hydrogen) atoms. The molecule has 2 rings (SSSR count). The van der Waals surface area contributed by atoms with Crippen LogP contribution in [0.2, 0.25) is 5.02 Å². The largest absolute Gasteiger partial charge is 0.398 e. The van der Waals surface area contributed by atoms with Gasteiger partial charge < -0.3 is 5.73 Å². The fourth-order valence-electron chi connectivity index (χ4n) is 1.65. The van der Waals surface area contributed by atoms with Crippen LogP contribution < -0.4 is 5.73 Å². The Morgan fingerprint density at radius 3 is 2.67 bits per heavy atom. The summed E-state index contributed by atoms with van der Waals surface area (Å²) in [5.74, 6) is -0.0764. The maximum atomic E-state index is 12.4. The van der Waals surface area contributed by atoms with Crippen molar-refractivity contribution in [2.45, 2.75) is 6.92 Å². The van der Waals surface area contributed by atoms with Crippen LogP contribution in [-0.2, 0) is 0 Å². The van der Waals surface area contributed by atoms with Crippen LogP contribution in [0, 0.1) is 6.92 Å². The lowest BCUT2D eigenvalue weighted by Gasteiger charge is -2.07. The van der Waals surface area contributed by atoms with E-state index in [0.29, 0.717) is 21.8 Å². The van der Waals surface area contributed by atoms with Gasteiger partial charge in [0.2, 0.25) is 0 Å². The van der Waals surface area contributed by atoms with Gasteiger partial charge in [0, 0.05) is 15.6 Å². The molecule has 92 valence electrons. The lowest BCUT2D eigenvalue weighted by atomic mass is 10.0. The monoisotopic (exact) mass is 323 g/mol. The molecule has 0 radical (unpaired) electrons. The van der Waals surface area contributed by atoms with Gasteiger partial charge in [-0.2, -0.15) is 0 Å². The van der Waals surface area contributed by atoms with Gasteiger partial charge in [0.05, 0.1) is 10.7 Å². The molecule has 0 spiro atoms. The lowest BCUT2D eigenvalue weighted by molar-refractivity contribution is 0.103. The smallest absolute Gasteiger partial charge is 0.194 e. The zero-order valence-electron chi connectivity index (χ0n) is 9.71. The first-order valence-corrected chi connectivity index (χ1v) is 6.52. The van der Waals surface area contributed by atoms with E-state index in [4.69, 9.17) is 17.3 Å². The maximum Gasteiger partial charge on any atom is 0.194 e. The Morgan fingerprint density at radius 2 is 2.00 bits per heavy atom. The van der Waals surface area contributed by atoms with Gasteiger partial charge >= 0.3 is 0 Å². The van der Waals surface area contributed by atoms with Crippen LogP contribution in [-0.4, -0.2) is 5.78 Å². The number of aryl methyl sites for hydroxylation is 1. The summed E-state index contributed by atoms with van der Waals surface area (Å²) in [6.07, 6.45) is 0. The van der Waals surface area contributed by atoms with Crippen molar-refractivity contribution in [2.75, 3.05) is 5.73 Å². The van der Waals surface area contributed by atoms with Gasteiger partial charge in [-0.05, 0) is 52.7 Å². The zero-order chi connectivity index (χ0) is 13.3. The molecule has 0 heterocycles. The molecule has 0 bridgehead atoms. The number of nitrogen functional groups attached to an aromatic ring is 1. The molecule has 0 fully saturated rings. The third-order valence-corrected chi connectivity index (χ3v) is 4.08. The van der Waals surface area contributed by atoms with Gasteiger partial charge in [0.1, 0.15) is 0 Å². The Balaban J connectivity index is 2.48. The Morgan fingerprint density at radius 1 is 1.28 bits per heavy atom. The first-order chi connectivity index (χ1) is 8.50. The predicted molar refractivity (Wildman–Crippen MR) is 78.2 cm³/mol. The fourth-order valence-corrected chi connectivity index (χ4v) is 2.27. The normalized spacial score (nSPS) is 10.4. The summed E-state index contributed by atoms with van der Waals surface area (Å²) >= 11 is 9.36. The molecule has 4 heteroatoms. The number of nitrogens with two attached hydrogens (primary N) is 1. The highest BCUT2D eigenvalue weighted by molar-refractivity contribution is 9.10. The standard InChI is InChI=1S/C14H11BrClNO/c1-8-3-2-4-10(13(8)15)14(18)9-5-6-12(17)11(16)7-9/h2-7H,17H2,1H3. The summed E-state index contributed by atoms with van der Waals surface area (Å²) in [6.45, 7) is 1.94. The number of hydrogen-bond donors (Lipinski definition) is 1. The third-order valence-electron chi connectivity index (χ3n) is 2.70. The van der Waals surface area contributed by atoms with Crippen molar-refractivity contribution in [1.29, 1.82) is 0 Å². The van der Waals surface area contributed by atoms with E-state index in [2.05, 4.69) is 15.9 Å². The van der Waals surface area contributed by atoms with E-state index in [1.807, 2.05) is 19.1 Å². The van der Waals surface area contributed by atoms with E-state index in [0.717, 1.165) is 10.0 Å². The molecular weight excluding hydrogens is 314 g/mol. The van der Waals surface area contributed by atoms with Crippen LogP contribution >= 0.6 is 27.5 Å². The van der Waals surface area contributed by atoms with Gasteiger partial charge in [-0.25, -0.2) is 0 Å². The number of anilines is 1. The Kier molecular flexibility index (Phi) is 3.73. The number of ketones is 1. The first kappa shape index (κ1) is 13.1. The second-order valence-corrected chi connectivity index (χ2v) is 5.20. The summed E-state index contributed by atoms with van der Waals surface area (Å²) in [5.41, 5.74) is 8.26. The van der Waals surface area contributed by atoms with Crippen molar-refractivity contribution in [3.8, 4) is 0 Å². The van der Waals surface area contributed by atoms with E-state index in [1.54, 1.807) is 24.3 Å². The number of carbonyl (C=O) groups is 1. The summed E-state index contributed by atoms with van der Waals surface area (Å²) in [6, 6.07) is 10.5. The molecule has 0 aliphatic heterocycles. The van der Waals surface area contributed by atoms with Gasteiger partial charge in [-0.15, -0.1) is 0 Å². The van der Waals surface area contributed by atoms with Gasteiger partial charge in [-0.3, -0.25) is 4.79 Å². The molecule has 0 saturated heterocycles. The Hall–Kier alpha value is -1.32. The number of halogens is 2. The van der Waals surface area contributed by atoms with Gasteiger partial charge in [0.15, 0.2) is 5.78 Å². The van der Waals surface area contributed by atoms with Crippen LogP contribution in [0.5, 0.6) is 0 Å². The summed E-state index contributed by atoms with van der Waals surface area (Å²) < 4.78 is 0.808. The average Bonchev–Trinajstić information content (AvgIpc) is 2.35. The maximum absolute atomic E-state index is 12.4. The summed E-state index contributed by atoms with van der Waals surface area (Å²) in [5, 5.41) is 0.393. The van der Waals surface area contributed by atoms with Crippen molar-refractivity contribution >= 4 is 39.0 Å². The molecule has 0 saturated carbocycles. The Labute approximate surface area is 119 Å².